The van der Waals surface area contributed by atoms with Crippen molar-refractivity contribution in [2.75, 3.05) is 0 Å². The highest BCUT2D eigenvalue weighted by Gasteiger charge is 2.35. The maximum Gasteiger partial charge on any atom is 0.421 e. The second-order valence-electron chi connectivity index (χ2n) is 6.79. The lowest BCUT2D eigenvalue weighted by molar-refractivity contribution is -0.139. The lowest BCUT2D eigenvalue weighted by atomic mass is 10.1. The molecule has 30 heavy (non-hydrogen) atoms. The lowest BCUT2D eigenvalue weighted by Gasteiger charge is -2.13. The van der Waals surface area contributed by atoms with Crippen molar-refractivity contribution in [3.63, 3.8) is 0 Å². The van der Waals surface area contributed by atoms with Crippen LogP contribution in [0.15, 0.2) is 70.4 Å². The van der Waals surface area contributed by atoms with E-state index in [0.29, 0.717) is 15.9 Å². The maximum absolute atomic E-state index is 13.5. The normalized spacial score (nSPS) is 11.7. The van der Waals surface area contributed by atoms with Crippen LogP contribution < -0.4 is 11.1 Å². The van der Waals surface area contributed by atoms with E-state index in [-0.39, 0.29) is 17.9 Å². The average molecular weight is 412 g/mol. The van der Waals surface area contributed by atoms with Crippen LogP contribution in [-0.2, 0) is 12.7 Å². The molecular weight excluding hydrogens is 397 g/mol. The quantitative estimate of drug-likeness (QED) is 0.518. The van der Waals surface area contributed by atoms with Crippen molar-refractivity contribution < 1.29 is 13.2 Å². The van der Waals surface area contributed by atoms with E-state index in [0.717, 1.165) is 11.6 Å². The molecule has 1 aromatic carbocycles. The molecule has 0 unspecified atom stereocenters. The second-order valence-corrected chi connectivity index (χ2v) is 6.79. The zero-order chi connectivity index (χ0) is 21.5. The highest BCUT2D eigenvalue weighted by Crippen LogP contribution is 2.28. The summed E-state index contributed by atoms with van der Waals surface area (Å²) in [5, 5.41) is 4.09. The van der Waals surface area contributed by atoms with Gasteiger partial charge in [0.2, 0.25) is 0 Å². The number of nitrogens with zero attached hydrogens (tertiary/aromatic N) is 4. The van der Waals surface area contributed by atoms with Crippen LogP contribution in [-0.4, -0.2) is 19.2 Å². The van der Waals surface area contributed by atoms with Crippen molar-refractivity contribution in [2.24, 2.45) is 0 Å². The first-order chi connectivity index (χ1) is 14.2. The summed E-state index contributed by atoms with van der Waals surface area (Å²) < 4.78 is 42.4. The molecule has 6 nitrogen and oxygen atoms in total. The van der Waals surface area contributed by atoms with Crippen molar-refractivity contribution >= 4 is 5.65 Å². The Kier molecular flexibility index (Phi) is 4.73. The van der Waals surface area contributed by atoms with Gasteiger partial charge in [0.05, 0.1) is 17.9 Å². The number of aromatic nitrogens is 4. The first kappa shape index (κ1) is 19.6. The van der Waals surface area contributed by atoms with Gasteiger partial charge in [-0.25, -0.2) is 9.67 Å². The number of pyridine rings is 1. The molecule has 152 valence electrons. The molecule has 0 aliphatic carbocycles. The average Bonchev–Trinajstić information content (AvgIpc) is 2.70. The van der Waals surface area contributed by atoms with Crippen LogP contribution >= 0.6 is 0 Å². The van der Waals surface area contributed by atoms with Crippen molar-refractivity contribution in [1.82, 2.24) is 19.2 Å². The van der Waals surface area contributed by atoms with Gasteiger partial charge >= 0.3 is 6.18 Å². The van der Waals surface area contributed by atoms with Crippen LogP contribution in [0.3, 0.4) is 0 Å². The van der Waals surface area contributed by atoms with Crippen LogP contribution in [0.5, 0.6) is 0 Å². The highest BCUT2D eigenvalue weighted by molar-refractivity contribution is 5.59. The molecule has 4 aromatic rings. The van der Waals surface area contributed by atoms with Crippen molar-refractivity contribution in [2.45, 2.75) is 19.6 Å². The molecule has 3 heterocycles. The molecule has 3 aromatic heterocycles. The van der Waals surface area contributed by atoms with Gasteiger partial charge in [-0.05, 0) is 24.6 Å². The molecule has 0 saturated carbocycles. The summed E-state index contributed by atoms with van der Waals surface area (Å²) >= 11 is 0. The van der Waals surface area contributed by atoms with Crippen molar-refractivity contribution in [3.05, 3.63) is 98.3 Å². The minimum atomic E-state index is -4.85. The fourth-order valence-electron chi connectivity index (χ4n) is 3.09. The monoisotopic (exact) mass is 412 g/mol. The number of alkyl halides is 3. The van der Waals surface area contributed by atoms with E-state index < -0.39 is 22.9 Å². The molecule has 4 rings (SSSR count). The maximum atomic E-state index is 13.5. The van der Waals surface area contributed by atoms with E-state index in [1.54, 1.807) is 48.7 Å². The van der Waals surface area contributed by atoms with E-state index in [2.05, 4.69) is 10.1 Å². The minimum Gasteiger partial charge on any atom is -0.269 e. The van der Waals surface area contributed by atoms with E-state index >= 15 is 0 Å². The molecule has 0 spiro atoms. The predicted octanol–water partition coefficient (Wildman–Crippen LogP) is 3.29. The summed E-state index contributed by atoms with van der Waals surface area (Å²) in [6, 6.07) is 13.5. The summed E-state index contributed by atoms with van der Waals surface area (Å²) in [7, 11) is 0. The first-order valence-corrected chi connectivity index (χ1v) is 8.96. The van der Waals surface area contributed by atoms with Gasteiger partial charge in [-0.2, -0.15) is 18.3 Å². The van der Waals surface area contributed by atoms with E-state index in [4.69, 9.17) is 0 Å². The fraction of sp³-hybridized carbons (Fsp3) is 0.143. The molecule has 0 radical (unpaired) electrons. The lowest BCUT2D eigenvalue weighted by Crippen LogP contribution is -2.32. The summed E-state index contributed by atoms with van der Waals surface area (Å²) in [6.45, 7) is 1.44. The molecule has 9 heteroatoms. The SMILES string of the molecule is Cc1ccc2nc(Cn3nc(-c4ccccc4)cc(C(F)(F)F)c3=O)cc(=O)n2c1. The van der Waals surface area contributed by atoms with Gasteiger partial charge in [0, 0.05) is 17.8 Å². The molecule has 0 aliphatic rings. The standard InChI is InChI=1S/C21H15F3N4O2/c1-13-7-8-18-25-15(9-19(29)27(18)11-13)12-28-20(30)16(21(22,23)24)10-17(26-28)14-5-3-2-4-6-14/h2-11H,12H2,1H3. The minimum absolute atomic E-state index is 0.00402. The first-order valence-electron chi connectivity index (χ1n) is 8.96. The van der Waals surface area contributed by atoms with Crippen molar-refractivity contribution in [3.8, 4) is 11.3 Å². The van der Waals surface area contributed by atoms with E-state index in [1.807, 2.05) is 6.92 Å². The summed E-state index contributed by atoms with van der Waals surface area (Å²) in [4.78, 5) is 29.1. The third-order valence-electron chi connectivity index (χ3n) is 4.52. The number of halogens is 3. The van der Waals surface area contributed by atoms with Gasteiger partial charge in [-0.1, -0.05) is 36.4 Å². The number of aryl methyl sites for hydroxylation is 1. The molecule has 0 N–H and O–H groups in total. The third kappa shape index (κ3) is 3.73. The van der Waals surface area contributed by atoms with Gasteiger partial charge in [-0.3, -0.25) is 14.0 Å². The Morgan fingerprint density at radius 1 is 1.00 bits per heavy atom. The molecule has 0 aliphatic heterocycles. The Morgan fingerprint density at radius 3 is 2.43 bits per heavy atom. The van der Waals surface area contributed by atoms with Crippen LogP contribution in [0.4, 0.5) is 13.2 Å². The second kappa shape index (κ2) is 7.25. The number of benzene rings is 1. The van der Waals surface area contributed by atoms with Crippen LogP contribution in [0, 0.1) is 6.92 Å². The largest absolute Gasteiger partial charge is 0.421 e. The van der Waals surface area contributed by atoms with Gasteiger partial charge in [0.25, 0.3) is 11.1 Å². The smallest absolute Gasteiger partial charge is 0.269 e. The topological polar surface area (TPSA) is 69.3 Å². The molecule has 0 atom stereocenters. The molecule has 0 amide bonds. The Hall–Kier alpha value is -3.75. The van der Waals surface area contributed by atoms with Crippen LogP contribution in [0.1, 0.15) is 16.8 Å². The van der Waals surface area contributed by atoms with E-state index in [9.17, 15) is 22.8 Å². The zero-order valence-electron chi connectivity index (χ0n) is 15.7. The number of hydrogen-bond acceptors (Lipinski definition) is 4. The van der Waals surface area contributed by atoms with Crippen LogP contribution in [0.2, 0.25) is 0 Å². The molecular formula is C21H15F3N4O2. The Morgan fingerprint density at radius 2 is 1.73 bits per heavy atom. The fourth-order valence-corrected chi connectivity index (χ4v) is 3.09. The third-order valence-corrected chi connectivity index (χ3v) is 4.52. The summed E-state index contributed by atoms with van der Waals surface area (Å²) in [5.74, 6) is 0. The highest BCUT2D eigenvalue weighted by atomic mass is 19.4. The number of hydrogen-bond donors (Lipinski definition) is 0. The van der Waals surface area contributed by atoms with Crippen LogP contribution in [0.25, 0.3) is 16.9 Å². The van der Waals surface area contributed by atoms with Gasteiger partial charge in [-0.15, -0.1) is 0 Å². The van der Waals surface area contributed by atoms with Gasteiger partial charge in [0.15, 0.2) is 0 Å². The number of fused-ring (bicyclic) bond motifs is 1. The Bertz CT molecular complexity index is 1360. The molecule has 0 fully saturated rings. The van der Waals surface area contributed by atoms with E-state index in [1.165, 1.54) is 10.5 Å². The van der Waals surface area contributed by atoms with Gasteiger partial charge < -0.3 is 0 Å². The van der Waals surface area contributed by atoms with Crippen molar-refractivity contribution in [1.29, 1.82) is 0 Å². The Balaban J connectivity index is 1.86. The zero-order valence-corrected chi connectivity index (χ0v) is 15.7. The summed E-state index contributed by atoms with van der Waals surface area (Å²) in [6.07, 6.45) is -3.24. The molecule has 0 bridgehead atoms. The molecule has 0 saturated heterocycles. The summed E-state index contributed by atoms with van der Waals surface area (Å²) in [5.41, 5.74) is -1.29. The number of rotatable bonds is 3. The van der Waals surface area contributed by atoms with Gasteiger partial charge in [0.1, 0.15) is 11.2 Å². The predicted molar refractivity (Wildman–Crippen MR) is 104 cm³/mol. The Labute approximate surface area is 167 Å².